The Hall–Kier alpha value is -3.71. The minimum absolute atomic E-state index is 0.0608. The molecular formula is C22H14ClFN2O4. The summed E-state index contributed by atoms with van der Waals surface area (Å²) < 4.78 is 19.6. The first kappa shape index (κ1) is 19.6. The summed E-state index contributed by atoms with van der Waals surface area (Å²) in [4.78, 5) is 24.2. The second-order valence-corrected chi connectivity index (χ2v) is 6.92. The van der Waals surface area contributed by atoms with Crippen LogP contribution in [0.2, 0.25) is 5.02 Å². The molecule has 150 valence electrons. The van der Waals surface area contributed by atoms with Gasteiger partial charge in [0, 0.05) is 0 Å². The number of rotatable bonds is 4. The van der Waals surface area contributed by atoms with E-state index in [9.17, 15) is 19.1 Å². The summed E-state index contributed by atoms with van der Waals surface area (Å²) in [6.45, 7) is 1.65. The highest BCUT2D eigenvalue weighted by Crippen LogP contribution is 2.30. The number of anilines is 1. The Morgan fingerprint density at radius 1 is 1.20 bits per heavy atom. The fourth-order valence-electron chi connectivity index (χ4n) is 3.05. The molecule has 4 rings (SSSR count). The molecule has 0 fully saturated rings. The van der Waals surface area contributed by atoms with Crippen molar-refractivity contribution in [3.8, 4) is 11.3 Å². The van der Waals surface area contributed by atoms with E-state index in [2.05, 4.69) is 5.10 Å². The summed E-state index contributed by atoms with van der Waals surface area (Å²) in [7, 11) is 0. The summed E-state index contributed by atoms with van der Waals surface area (Å²) in [5, 5.41) is 14.6. The SMILES string of the molecule is CC1=NN(c2ccc(Cl)c(C(=O)O)c2)C(=O)C1=Cc1ccc(-c2ccccc2F)o1. The highest BCUT2D eigenvalue weighted by molar-refractivity contribution is 6.34. The van der Waals surface area contributed by atoms with Crippen LogP contribution in [0.15, 0.2) is 69.7 Å². The number of furan rings is 1. The molecule has 6 nitrogen and oxygen atoms in total. The summed E-state index contributed by atoms with van der Waals surface area (Å²) in [5.41, 5.74) is 1.16. The van der Waals surface area contributed by atoms with E-state index in [1.807, 2.05) is 0 Å². The Balaban J connectivity index is 1.65. The van der Waals surface area contributed by atoms with E-state index in [0.717, 1.165) is 5.01 Å². The van der Waals surface area contributed by atoms with Gasteiger partial charge in [-0.1, -0.05) is 23.7 Å². The lowest BCUT2D eigenvalue weighted by atomic mass is 10.1. The maximum Gasteiger partial charge on any atom is 0.337 e. The van der Waals surface area contributed by atoms with E-state index in [1.54, 1.807) is 37.3 Å². The maximum atomic E-state index is 14.0. The average Bonchev–Trinajstić information content (AvgIpc) is 3.29. The molecule has 1 aliphatic heterocycles. The van der Waals surface area contributed by atoms with Gasteiger partial charge in [0.2, 0.25) is 0 Å². The summed E-state index contributed by atoms with van der Waals surface area (Å²) in [6.07, 6.45) is 1.51. The number of hydrogen-bond donors (Lipinski definition) is 1. The van der Waals surface area contributed by atoms with Gasteiger partial charge in [0.15, 0.2) is 0 Å². The number of carboxylic acid groups (broad SMARTS) is 1. The number of carboxylic acids is 1. The largest absolute Gasteiger partial charge is 0.478 e. The molecule has 1 N–H and O–H groups in total. The molecule has 0 unspecified atom stereocenters. The van der Waals surface area contributed by atoms with Crippen LogP contribution in [0, 0.1) is 5.82 Å². The van der Waals surface area contributed by atoms with Crippen LogP contribution in [0.5, 0.6) is 0 Å². The van der Waals surface area contributed by atoms with E-state index in [1.165, 1.54) is 30.3 Å². The average molecular weight is 425 g/mol. The van der Waals surface area contributed by atoms with E-state index >= 15 is 0 Å². The van der Waals surface area contributed by atoms with Crippen molar-refractivity contribution in [2.24, 2.45) is 5.10 Å². The Labute approximate surface area is 175 Å². The Morgan fingerprint density at radius 2 is 1.97 bits per heavy atom. The Morgan fingerprint density at radius 3 is 2.70 bits per heavy atom. The summed E-state index contributed by atoms with van der Waals surface area (Å²) in [6, 6.07) is 13.7. The zero-order valence-electron chi connectivity index (χ0n) is 15.6. The molecule has 1 amide bonds. The van der Waals surface area contributed by atoms with Crippen molar-refractivity contribution in [2.75, 3.05) is 5.01 Å². The van der Waals surface area contributed by atoms with Crippen molar-refractivity contribution < 1.29 is 23.5 Å². The first-order chi connectivity index (χ1) is 14.3. The molecule has 3 aromatic rings. The van der Waals surface area contributed by atoms with E-state index in [-0.39, 0.29) is 21.8 Å². The molecular weight excluding hydrogens is 411 g/mol. The fourth-order valence-corrected chi connectivity index (χ4v) is 3.25. The standard InChI is InChI=1S/C22H14ClFN2O4/c1-12-16(11-14-7-9-20(30-14)15-4-2-3-5-19(15)24)21(27)26(25-12)13-6-8-18(23)17(10-13)22(28)29/h2-11H,1H3,(H,28,29). The molecule has 0 atom stereocenters. The van der Waals surface area contributed by atoms with Crippen LogP contribution in [-0.2, 0) is 4.79 Å². The third-order valence-electron chi connectivity index (χ3n) is 4.54. The zero-order chi connectivity index (χ0) is 21.4. The van der Waals surface area contributed by atoms with Crippen molar-refractivity contribution >= 4 is 41.0 Å². The maximum absolute atomic E-state index is 14.0. The highest BCUT2D eigenvalue weighted by atomic mass is 35.5. The van der Waals surface area contributed by atoms with Gasteiger partial charge in [-0.05, 0) is 55.5 Å². The molecule has 0 aliphatic carbocycles. The zero-order valence-corrected chi connectivity index (χ0v) is 16.4. The van der Waals surface area contributed by atoms with Gasteiger partial charge in [-0.25, -0.2) is 9.18 Å². The smallest absolute Gasteiger partial charge is 0.337 e. The van der Waals surface area contributed by atoms with E-state index < -0.39 is 17.7 Å². The van der Waals surface area contributed by atoms with E-state index in [0.29, 0.717) is 22.8 Å². The minimum atomic E-state index is -1.21. The van der Waals surface area contributed by atoms with Crippen LogP contribution in [0.4, 0.5) is 10.1 Å². The molecule has 2 aromatic carbocycles. The van der Waals surface area contributed by atoms with Gasteiger partial charge in [0.1, 0.15) is 17.3 Å². The third-order valence-corrected chi connectivity index (χ3v) is 4.87. The summed E-state index contributed by atoms with van der Waals surface area (Å²) >= 11 is 5.89. The van der Waals surface area contributed by atoms with Crippen molar-refractivity contribution in [1.29, 1.82) is 0 Å². The van der Waals surface area contributed by atoms with Crippen molar-refractivity contribution in [3.63, 3.8) is 0 Å². The topological polar surface area (TPSA) is 83.1 Å². The molecule has 2 heterocycles. The van der Waals surface area contributed by atoms with E-state index in [4.69, 9.17) is 16.0 Å². The molecule has 0 spiro atoms. The number of benzene rings is 2. The van der Waals surface area contributed by atoms with Gasteiger partial charge in [-0.2, -0.15) is 10.1 Å². The number of carbonyl (C=O) groups is 2. The molecule has 30 heavy (non-hydrogen) atoms. The monoisotopic (exact) mass is 424 g/mol. The third kappa shape index (κ3) is 3.51. The molecule has 0 bridgehead atoms. The van der Waals surface area contributed by atoms with Crippen LogP contribution in [-0.4, -0.2) is 22.7 Å². The second kappa shape index (κ2) is 7.61. The number of halogens is 2. The van der Waals surface area contributed by atoms with Crippen molar-refractivity contribution in [1.82, 2.24) is 0 Å². The second-order valence-electron chi connectivity index (χ2n) is 6.51. The lowest BCUT2D eigenvalue weighted by Gasteiger charge is -2.12. The van der Waals surface area contributed by atoms with Crippen LogP contribution < -0.4 is 5.01 Å². The number of hydrazone groups is 1. The Kier molecular flexibility index (Phi) is 4.97. The Bertz CT molecular complexity index is 1250. The predicted octanol–water partition coefficient (Wildman–Crippen LogP) is 5.24. The molecule has 0 saturated carbocycles. The number of hydrogen-bond acceptors (Lipinski definition) is 4. The highest BCUT2D eigenvalue weighted by Gasteiger charge is 2.30. The molecule has 0 saturated heterocycles. The summed E-state index contributed by atoms with van der Waals surface area (Å²) in [5.74, 6) is -1.38. The lowest BCUT2D eigenvalue weighted by molar-refractivity contribution is -0.114. The van der Waals surface area contributed by atoms with Gasteiger partial charge in [0.05, 0.1) is 33.1 Å². The predicted molar refractivity (Wildman–Crippen MR) is 111 cm³/mol. The molecule has 1 aromatic heterocycles. The van der Waals surface area contributed by atoms with Crippen LogP contribution in [0.3, 0.4) is 0 Å². The minimum Gasteiger partial charge on any atom is -0.478 e. The lowest BCUT2D eigenvalue weighted by Crippen LogP contribution is -2.21. The first-order valence-corrected chi connectivity index (χ1v) is 9.22. The first-order valence-electron chi connectivity index (χ1n) is 8.84. The number of carbonyl (C=O) groups excluding carboxylic acids is 1. The van der Waals surface area contributed by atoms with Gasteiger partial charge in [-0.3, -0.25) is 4.79 Å². The normalized spacial score (nSPS) is 15.0. The van der Waals surface area contributed by atoms with Gasteiger partial charge in [-0.15, -0.1) is 0 Å². The van der Waals surface area contributed by atoms with Crippen LogP contribution >= 0.6 is 11.6 Å². The van der Waals surface area contributed by atoms with Crippen molar-refractivity contribution in [3.05, 3.63) is 82.3 Å². The fraction of sp³-hybridized carbons (Fsp3) is 0.0455. The number of nitrogens with zero attached hydrogens (tertiary/aromatic N) is 2. The molecule has 8 heteroatoms. The van der Waals surface area contributed by atoms with Crippen LogP contribution in [0.1, 0.15) is 23.0 Å². The number of amides is 1. The van der Waals surface area contributed by atoms with Gasteiger partial charge < -0.3 is 9.52 Å². The van der Waals surface area contributed by atoms with Gasteiger partial charge >= 0.3 is 5.97 Å². The number of aromatic carboxylic acids is 1. The molecule has 0 radical (unpaired) electrons. The quantitative estimate of drug-likeness (QED) is 0.580. The van der Waals surface area contributed by atoms with Crippen molar-refractivity contribution in [2.45, 2.75) is 6.92 Å². The van der Waals surface area contributed by atoms with Crippen LogP contribution in [0.25, 0.3) is 17.4 Å². The molecule has 1 aliphatic rings. The van der Waals surface area contributed by atoms with Gasteiger partial charge in [0.25, 0.3) is 5.91 Å².